The highest BCUT2D eigenvalue weighted by molar-refractivity contribution is 9.10. The number of nitrogens with one attached hydrogen (secondary N) is 1. The minimum atomic E-state index is -0.523. The van der Waals surface area contributed by atoms with E-state index in [1.54, 1.807) is 24.3 Å². The maximum absolute atomic E-state index is 11.3. The fourth-order valence-electron chi connectivity index (χ4n) is 1.90. The Balaban J connectivity index is 2.40. The number of nitro benzene ring substituents is 1. The standard InChI is InChI=1S/C15H13BrN2O4/c1-9(19)10-3-6-13(14(7-10)18(20)21)17-11-4-5-12(16)15(8-11)22-2/h3-8,17H,1-2H3. The van der Waals surface area contributed by atoms with Crippen LogP contribution in [0.3, 0.4) is 0 Å². The number of nitro groups is 1. The minimum absolute atomic E-state index is 0.158. The van der Waals surface area contributed by atoms with Crippen molar-refractivity contribution in [2.45, 2.75) is 6.92 Å². The van der Waals surface area contributed by atoms with Crippen LogP contribution in [-0.2, 0) is 0 Å². The molecule has 0 amide bonds. The minimum Gasteiger partial charge on any atom is -0.495 e. The fourth-order valence-corrected chi connectivity index (χ4v) is 2.31. The molecule has 1 N–H and O–H groups in total. The van der Waals surface area contributed by atoms with E-state index >= 15 is 0 Å². The maximum atomic E-state index is 11.3. The lowest BCUT2D eigenvalue weighted by Crippen LogP contribution is -2.00. The number of benzene rings is 2. The summed E-state index contributed by atoms with van der Waals surface area (Å²) < 4.78 is 5.97. The lowest BCUT2D eigenvalue weighted by molar-refractivity contribution is -0.383. The smallest absolute Gasteiger partial charge is 0.293 e. The molecule has 2 rings (SSSR count). The molecule has 22 heavy (non-hydrogen) atoms. The van der Waals surface area contributed by atoms with Crippen molar-refractivity contribution in [3.05, 3.63) is 56.5 Å². The molecule has 0 unspecified atom stereocenters. The SMILES string of the molecule is COc1cc(Nc2ccc(C(C)=O)cc2[N+](=O)[O-])ccc1Br. The highest BCUT2D eigenvalue weighted by atomic mass is 79.9. The van der Waals surface area contributed by atoms with Crippen molar-refractivity contribution in [1.82, 2.24) is 0 Å². The number of ether oxygens (including phenoxy) is 1. The van der Waals surface area contributed by atoms with Crippen molar-refractivity contribution in [3.8, 4) is 5.75 Å². The van der Waals surface area contributed by atoms with E-state index in [2.05, 4.69) is 21.2 Å². The van der Waals surface area contributed by atoms with Crippen LogP contribution in [0.25, 0.3) is 0 Å². The van der Waals surface area contributed by atoms with E-state index < -0.39 is 4.92 Å². The number of nitrogens with zero attached hydrogens (tertiary/aromatic N) is 1. The van der Waals surface area contributed by atoms with E-state index in [9.17, 15) is 14.9 Å². The Morgan fingerprint density at radius 3 is 2.59 bits per heavy atom. The Morgan fingerprint density at radius 1 is 1.27 bits per heavy atom. The van der Waals surface area contributed by atoms with Gasteiger partial charge in [-0.05, 0) is 47.1 Å². The van der Waals surface area contributed by atoms with Gasteiger partial charge < -0.3 is 10.1 Å². The molecule has 0 aliphatic rings. The molecule has 0 heterocycles. The van der Waals surface area contributed by atoms with Crippen LogP contribution >= 0.6 is 15.9 Å². The number of hydrogen-bond donors (Lipinski definition) is 1. The highest BCUT2D eigenvalue weighted by Gasteiger charge is 2.16. The van der Waals surface area contributed by atoms with Gasteiger partial charge in [0.1, 0.15) is 11.4 Å². The van der Waals surface area contributed by atoms with Gasteiger partial charge in [0.2, 0.25) is 0 Å². The van der Waals surface area contributed by atoms with Crippen LogP contribution in [0.5, 0.6) is 5.75 Å². The normalized spacial score (nSPS) is 10.1. The van der Waals surface area contributed by atoms with E-state index in [1.165, 1.54) is 26.2 Å². The molecule has 0 aliphatic carbocycles. The summed E-state index contributed by atoms with van der Waals surface area (Å²) in [5, 5.41) is 14.2. The molecular weight excluding hydrogens is 352 g/mol. The Hall–Kier alpha value is -2.41. The van der Waals surface area contributed by atoms with Crippen LogP contribution < -0.4 is 10.1 Å². The lowest BCUT2D eigenvalue weighted by atomic mass is 10.1. The molecule has 0 atom stereocenters. The lowest BCUT2D eigenvalue weighted by Gasteiger charge is -2.10. The number of Topliss-reactive ketones (excluding diaryl/α,β-unsaturated/α-hetero) is 1. The van der Waals surface area contributed by atoms with Crippen molar-refractivity contribution >= 4 is 38.8 Å². The first-order valence-corrected chi connectivity index (χ1v) is 7.11. The van der Waals surface area contributed by atoms with Crippen LogP contribution in [0.15, 0.2) is 40.9 Å². The predicted octanol–water partition coefficient (Wildman–Crippen LogP) is 4.31. The molecule has 7 heteroatoms. The molecule has 0 aliphatic heterocycles. The summed E-state index contributed by atoms with van der Waals surface area (Å²) in [6.45, 7) is 1.37. The van der Waals surface area contributed by atoms with Crippen molar-refractivity contribution in [2.24, 2.45) is 0 Å². The van der Waals surface area contributed by atoms with E-state index in [4.69, 9.17) is 4.74 Å². The Labute approximate surface area is 135 Å². The van der Waals surface area contributed by atoms with Gasteiger partial charge in [-0.15, -0.1) is 0 Å². The second-order valence-corrected chi connectivity index (χ2v) is 5.37. The largest absolute Gasteiger partial charge is 0.495 e. The van der Waals surface area contributed by atoms with Gasteiger partial charge in [0.15, 0.2) is 5.78 Å². The number of methoxy groups -OCH3 is 1. The van der Waals surface area contributed by atoms with Gasteiger partial charge in [0, 0.05) is 23.4 Å². The molecule has 0 saturated heterocycles. The first-order chi connectivity index (χ1) is 10.4. The summed E-state index contributed by atoms with van der Waals surface area (Å²) in [6, 6.07) is 9.58. The highest BCUT2D eigenvalue weighted by Crippen LogP contribution is 2.32. The second-order valence-electron chi connectivity index (χ2n) is 4.52. The monoisotopic (exact) mass is 364 g/mol. The van der Waals surface area contributed by atoms with Gasteiger partial charge in [0.25, 0.3) is 5.69 Å². The third kappa shape index (κ3) is 3.43. The number of carbonyl (C=O) groups is 1. The third-order valence-corrected chi connectivity index (χ3v) is 3.69. The molecule has 2 aromatic rings. The average molecular weight is 365 g/mol. The zero-order valence-corrected chi connectivity index (χ0v) is 13.5. The number of rotatable bonds is 5. The van der Waals surface area contributed by atoms with Crippen LogP contribution in [0, 0.1) is 10.1 Å². The summed E-state index contributed by atoms with van der Waals surface area (Å²) in [5.74, 6) is 0.382. The zero-order chi connectivity index (χ0) is 16.3. The quantitative estimate of drug-likeness (QED) is 0.485. The first kappa shape index (κ1) is 16.0. The van der Waals surface area contributed by atoms with Crippen LogP contribution in [0.1, 0.15) is 17.3 Å². The number of hydrogen-bond acceptors (Lipinski definition) is 5. The molecule has 0 bridgehead atoms. The molecule has 0 fully saturated rings. The van der Waals surface area contributed by atoms with Gasteiger partial charge in [0.05, 0.1) is 16.5 Å². The van der Waals surface area contributed by atoms with Gasteiger partial charge in [-0.25, -0.2) is 0 Å². The number of ketones is 1. The fraction of sp³-hybridized carbons (Fsp3) is 0.133. The summed E-state index contributed by atoms with van der Waals surface area (Å²) in [6.07, 6.45) is 0. The van der Waals surface area contributed by atoms with Crippen LogP contribution in [-0.4, -0.2) is 17.8 Å². The maximum Gasteiger partial charge on any atom is 0.293 e. The van der Waals surface area contributed by atoms with E-state index in [-0.39, 0.29) is 11.5 Å². The van der Waals surface area contributed by atoms with Crippen molar-refractivity contribution < 1.29 is 14.5 Å². The summed E-state index contributed by atoms with van der Waals surface area (Å²) in [4.78, 5) is 22.0. The molecule has 2 aromatic carbocycles. The summed E-state index contributed by atoms with van der Waals surface area (Å²) >= 11 is 3.34. The zero-order valence-electron chi connectivity index (χ0n) is 11.9. The van der Waals surface area contributed by atoms with Gasteiger partial charge >= 0.3 is 0 Å². The number of halogens is 1. The third-order valence-electron chi connectivity index (χ3n) is 3.03. The first-order valence-electron chi connectivity index (χ1n) is 6.32. The number of anilines is 2. The molecule has 114 valence electrons. The van der Waals surface area contributed by atoms with Crippen molar-refractivity contribution in [1.29, 1.82) is 0 Å². The molecular formula is C15H13BrN2O4. The topological polar surface area (TPSA) is 81.5 Å². The Bertz CT molecular complexity index is 746. The molecule has 0 radical (unpaired) electrons. The molecule has 0 spiro atoms. The Kier molecular flexibility index (Phi) is 4.77. The second kappa shape index (κ2) is 6.57. The van der Waals surface area contributed by atoms with Crippen LogP contribution in [0.2, 0.25) is 0 Å². The Morgan fingerprint density at radius 2 is 2.00 bits per heavy atom. The van der Waals surface area contributed by atoms with Crippen molar-refractivity contribution in [3.63, 3.8) is 0 Å². The van der Waals surface area contributed by atoms with Gasteiger partial charge in [-0.2, -0.15) is 0 Å². The molecule has 6 nitrogen and oxygen atoms in total. The van der Waals surface area contributed by atoms with E-state index in [0.717, 1.165) is 4.47 Å². The van der Waals surface area contributed by atoms with Crippen LogP contribution in [0.4, 0.5) is 17.1 Å². The predicted molar refractivity (Wildman–Crippen MR) is 87.1 cm³/mol. The molecule has 0 saturated carbocycles. The van der Waals surface area contributed by atoms with Gasteiger partial charge in [-0.1, -0.05) is 0 Å². The van der Waals surface area contributed by atoms with E-state index in [0.29, 0.717) is 22.7 Å². The molecule has 0 aromatic heterocycles. The van der Waals surface area contributed by atoms with Gasteiger partial charge in [-0.3, -0.25) is 14.9 Å². The average Bonchev–Trinajstić information content (AvgIpc) is 2.49. The van der Waals surface area contributed by atoms with E-state index in [1.807, 2.05) is 0 Å². The number of carbonyl (C=O) groups excluding carboxylic acids is 1. The summed E-state index contributed by atoms with van der Waals surface area (Å²) in [7, 11) is 1.54. The van der Waals surface area contributed by atoms with Crippen molar-refractivity contribution in [2.75, 3.05) is 12.4 Å². The summed E-state index contributed by atoms with van der Waals surface area (Å²) in [5.41, 5.74) is 1.08.